The van der Waals surface area contributed by atoms with Gasteiger partial charge in [0.2, 0.25) is 5.56 Å². The third-order valence-electron chi connectivity index (χ3n) is 2.68. The first kappa shape index (κ1) is 14.1. The Balaban J connectivity index is 0.00000220. The quantitative estimate of drug-likeness (QED) is 0.650. The van der Waals surface area contributed by atoms with E-state index in [4.69, 9.17) is 9.47 Å². The minimum Gasteiger partial charge on any atom is -0.445 e. The van der Waals surface area contributed by atoms with E-state index in [1.54, 1.807) is 18.2 Å². The Morgan fingerprint density at radius 3 is 3.00 bits per heavy atom. The molecule has 0 unspecified atom stereocenters. The number of hydrogen-bond acceptors (Lipinski definition) is 4. The van der Waals surface area contributed by atoms with Gasteiger partial charge in [-0.15, -0.1) is 0 Å². The summed E-state index contributed by atoms with van der Waals surface area (Å²) in [6.07, 6.45) is -0.528. The molecule has 1 aromatic carbocycles. The molecule has 0 spiro atoms. The highest BCUT2D eigenvalue weighted by atomic mass is 16.6. The van der Waals surface area contributed by atoms with E-state index in [9.17, 15) is 9.59 Å². The van der Waals surface area contributed by atoms with Gasteiger partial charge in [0.15, 0.2) is 0 Å². The number of carbonyl (C=O) groups excluding carboxylic acids is 1. The van der Waals surface area contributed by atoms with Gasteiger partial charge >= 0.3 is 6.09 Å². The SMILES string of the molecule is CCOCNC(=O)OCc1ccc2[nH]c(=O)ccc2c1.[HH].[HH]. The number of rotatable bonds is 5. The Labute approximate surface area is 118 Å². The molecule has 1 aromatic heterocycles. The fourth-order valence-corrected chi connectivity index (χ4v) is 1.71. The van der Waals surface area contributed by atoms with Crippen LogP contribution in [-0.4, -0.2) is 24.4 Å². The first-order valence-electron chi connectivity index (χ1n) is 6.29. The van der Waals surface area contributed by atoms with E-state index in [2.05, 4.69) is 10.3 Å². The predicted molar refractivity (Wildman–Crippen MR) is 78.6 cm³/mol. The second-order valence-electron chi connectivity index (χ2n) is 4.13. The highest BCUT2D eigenvalue weighted by Crippen LogP contribution is 2.12. The topological polar surface area (TPSA) is 80.4 Å². The monoisotopic (exact) mass is 280 g/mol. The molecule has 6 nitrogen and oxygen atoms in total. The number of carbonyl (C=O) groups is 1. The van der Waals surface area contributed by atoms with Gasteiger partial charge < -0.3 is 14.5 Å². The van der Waals surface area contributed by atoms with E-state index in [1.807, 2.05) is 13.0 Å². The molecule has 1 amide bonds. The maximum absolute atomic E-state index is 11.3. The summed E-state index contributed by atoms with van der Waals surface area (Å²) in [5, 5.41) is 3.36. The molecule has 2 N–H and O–H groups in total. The average molecular weight is 280 g/mol. The van der Waals surface area contributed by atoms with Crippen LogP contribution in [-0.2, 0) is 16.1 Å². The maximum atomic E-state index is 11.3. The van der Waals surface area contributed by atoms with Crippen LogP contribution in [0, 0.1) is 0 Å². The molecular weight excluding hydrogens is 260 g/mol. The van der Waals surface area contributed by atoms with Gasteiger partial charge in [-0.2, -0.15) is 0 Å². The number of aromatic amines is 1. The van der Waals surface area contributed by atoms with E-state index >= 15 is 0 Å². The van der Waals surface area contributed by atoms with Gasteiger partial charge in [0.25, 0.3) is 0 Å². The van der Waals surface area contributed by atoms with Crippen molar-refractivity contribution >= 4 is 17.0 Å². The van der Waals surface area contributed by atoms with Crippen LogP contribution in [0.25, 0.3) is 10.9 Å². The predicted octanol–water partition coefficient (Wildman–Crippen LogP) is 2.24. The Morgan fingerprint density at radius 2 is 2.20 bits per heavy atom. The molecule has 2 aromatic rings. The Kier molecular flexibility index (Phi) is 4.73. The molecule has 110 valence electrons. The standard InChI is InChI=1S/C14H16N2O4.2H2/c1-2-19-9-15-14(18)20-8-10-3-5-12-11(7-10)4-6-13(17)16-12;;/h3-7H,2,8-9H2,1H3,(H,15,18)(H,16,17);2*1H. The zero-order valence-electron chi connectivity index (χ0n) is 11.1. The molecule has 0 aliphatic heterocycles. The minimum atomic E-state index is -0.528. The summed E-state index contributed by atoms with van der Waals surface area (Å²) >= 11 is 0. The summed E-state index contributed by atoms with van der Waals surface area (Å²) in [5.74, 6) is 0. The van der Waals surface area contributed by atoms with Gasteiger partial charge in [0, 0.05) is 21.0 Å². The molecule has 0 saturated carbocycles. The van der Waals surface area contributed by atoms with E-state index in [1.165, 1.54) is 6.07 Å². The number of ether oxygens (including phenoxy) is 2. The third kappa shape index (κ3) is 3.83. The summed E-state index contributed by atoms with van der Waals surface area (Å²) in [6.45, 7) is 2.66. The molecular formula is C14H20N2O4. The molecule has 0 aliphatic rings. The highest BCUT2D eigenvalue weighted by molar-refractivity contribution is 5.78. The van der Waals surface area contributed by atoms with E-state index < -0.39 is 6.09 Å². The Bertz CT molecular complexity index is 661. The number of pyridine rings is 1. The van der Waals surface area contributed by atoms with Gasteiger partial charge in [0.1, 0.15) is 13.3 Å². The largest absolute Gasteiger partial charge is 0.445 e. The van der Waals surface area contributed by atoms with Gasteiger partial charge in [-0.3, -0.25) is 10.1 Å². The lowest BCUT2D eigenvalue weighted by molar-refractivity contribution is 0.0988. The Morgan fingerprint density at radius 1 is 1.35 bits per heavy atom. The smallest absolute Gasteiger partial charge is 0.409 e. The summed E-state index contributed by atoms with van der Waals surface area (Å²) < 4.78 is 10.0. The number of benzene rings is 1. The van der Waals surface area contributed by atoms with Crippen molar-refractivity contribution in [2.24, 2.45) is 0 Å². The van der Waals surface area contributed by atoms with Crippen molar-refractivity contribution in [2.45, 2.75) is 13.5 Å². The van der Waals surface area contributed by atoms with Crippen molar-refractivity contribution in [3.63, 3.8) is 0 Å². The number of H-pyrrole nitrogens is 1. The molecule has 0 aliphatic carbocycles. The molecule has 1 heterocycles. The number of amides is 1. The lowest BCUT2D eigenvalue weighted by Gasteiger charge is -2.07. The molecule has 0 bridgehead atoms. The van der Waals surface area contributed by atoms with Crippen LogP contribution in [0.4, 0.5) is 4.79 Å². The molecule has 0 atom stereocenters. The van der Waals surface area contributed by atoms with Crippen molar-refractivity contribution in [1.82, 2.24) is 10.3 Å². The number of alkyl carbamates (subject to hydrolysis) is 1. The normalized spacial score (nSPS) is 10.4. The van der Waals surface area contributed by atoms with Crippen molar-refractivity contribution in [1.29, 1.82) is 0 Å². The van der Waals surface area contributed by atoms with Gasteiger partial charge in [0.05, 0.1) is 0 Å². The van der Waals surface area contributed by atoms with Crippen LogP contribution in [0.1, 0.15) is 15.3 Å². The fourth-order valence-electron chi connectivity index (χ4n) is 1.71. The number of fused-ring (bicyclic) bond motifs is 1. The van der Waals surface area contributed by atoms with Crippen molar-refractivity contribution in [3.05, 3.63) is 46.2 Å². The summed E-state index contributed by atoms with van der Waals surface area (Å²) in [7, 11) is 0. The lowest BCUT2D eigenvalue weighted by Crippen LogP contribution is -2.26. The first-order chi connectivity index (χ1) is 9.69. The van der Waals surface area contributed by atoms with Crippen molar-refractivity contribution in [3.8, 4) is 0 Å². The van der Waals surface area contributed by atoms with Gasteiger partial charge in [-0.1, -0.05) is 6.07 Å². The minimum absolute atomic E-state index is 0. The maximum Gasteiger partial charge on any atom is 0.409 e. The number of hydrogen-bond donors (Lipinski definition) is 2. The number of nitrogens with one attached hydrogen (secondary N) is 2. The summed E-state index contributed by atoms with van der Waals surface area (Å²) in [5.41, 5.74) is 1.45. The van der Waals surface area contributed by atoms with Crippen LogP contribution in [0.5, 0.6) is 0 Å². The fraction of sp³-hybridized carbons (Fsp3) is 0.286. The van der Waals surface area contributed by atoms with Crippen LogP contribution < -0.4 is 10.9 Å². The van der Waals surface area contributed by atoms with Gasteiger partial charge in [-0.05, 0) is 36.1 Å². The molecule has 0 fully saturated rings. The lowest BCUT2D eigenvalue weighted by atomic mass is 10.1. The van der Waals surface area contributed by atoms with E-state index in [0.29, 0.717) is 6.61 Å². The van der Waals surface area contributed by atoms with E-state index in [-0.39, 0.29) is 21.8 Å². The van der Waals surface area contributed by atoms with Gasteiger partial charge in [-0.25, -0.2) is 4.79 Å². The van der Waals surface area contributed by atoms with Crippen molar-refractivity contribution < 1.29 is 17.1 Å². The molecule has 0 saturated heterocycles. The summed E-state index contributed by atoms with van der Waals surface area (Å²) in [6, 6.07) is 8.64. The molecule has 0 radical (unpaired) electrons. The van der Waals surface area contributed by atoms with Crippen LogP contribution in [0.3, 0.4) is 0 Å². The average Bonchev–Trinajstić information content (AvgIpc) is 2.45. The van der Waals surface area contributed by atoms with Crippen LogP contribution in [0.15, 0.2) is 35.1 Å². The zero-order chi connectivity index (χ0) is 14.4. The molecule has 20 heavy (non-hydrogen) atoms. The van der Waals surface area contributed by atoms with Crippen LogP contribution >= 0.6 is 0 Å². The Hall–Kier alpha value is -2.34. The second-order valence-corrected chi connectivity index (χ2v) is 4.13. The van der Waals surface area contributed by atoms with Crippen LogP contribution in [0.2, 0.25) is 0 Å². The van der Waals surface area contributed by atoms with E-state index in [0.717, 1.165) is 16.5 Å². The molecule has 6 heteroatoms. The first-order valence-corrected chi connectivity index (χ1v) is 6.29. The third-order valence-corrected chi connectivity index (χ3v) is 2.68. The zero-order valence-corrected chi connectivity index (χ0v) is 11.1. The highest BCUT2D eigenvalue weighted by Gasteiger charge is 2.03. The molecule has 2 rings (SSSR count). The second kappa shape index (κ2) is 6.72. The number of aromatic nitrogens is 1. The summed E-state index contributed by atoms with van der Waals surface area (Å²) in [4.78, 5) is 25.2. The van der Waals surface area contributed by atoms with Crippen molar-refractivity contribution in [2.75, 3.05) is 13.3 Å².